The van der Waals surface area contributed by atoms with Crippen molar-refractivity contribution in [1.82, 2.24) is 20.3 Å². The lowest BCUT2D eigenvalue weighted by molar-refractivity contribution is 0.0529. The molecule has 0 spiro atoms. The zero-order chi connectivity index (χ0) is 19.7. The van der Waals surface area contributed by atoms with E-state index in [1.54, 1.807) is 0 Å². The molecule has 0 radical (unpaired) electrons. The molecule has 1 heterocycles. The maximum absolute atomic E-state index is 11.8. The highest BCUT2D eigenvalue weighted by atomic mass is 35.5. The van der Waals surface area contributed by atoms with E-state index < -0.39 is 11.7 Å². The van der Waals surface area contributed by atoms with Gasteiger partial charge < -0.3 is 15.0 Å². The van der Waals surface area contributed by atoms with Gasteiger partial charge in [0.05, 0.1) is 0 Å². The van der Waals surface area contributed by atoms with Gasteiger partial charge in [0.15, 0.2) is 5.16 Å². The van der Waals surface area contributed by atoms with Crippen LogP contribution in [0.4, 0.5) is 10.7 Å². The Balaban J connectivity index is 2.80. The van der Waals surface area contributed by atoms with Crippen LogP contribution in [0, 0.1) is 5.92 Å². The SMILES string of the molecule is CCSc1nc(Cl)nc(N(CCNC(=O)OC(C)(C)C)C[C@@H](C)CC)n1. The summed E-state index contributed by atoms with van der Waals surface area (Å²) in [6.45, 7) is 13.6. The third-order valence-corrected chi connectivity index (χ3v) is 4.31. The largest absolute Gasteiger partial charge is 0.444 e. The number of anilines is 1. The van der Waals surface area contributed by atoms with Crippen LogP contribution >= 0.6 is 23.4 Å². The third kappa shape index (κ3) is 8.89. The molecule has 1 atom stereocenters. The second kappa shape index (κ2) is 10.8. The van der Waals surface area contributed by atoms with E-state index in [4.69, 9.17) is 16.3 Å². The zero-order valence-corrected chi connectivity index (χ0v) is 18.1. The lowest BCUT2D eigenvalue weighted by Gasteiger charge is -2.26. The van der Waals surface area contributed by atoms with Crippen LogP contribution in [0.15, 0.2) is 5.16 Å². The molecule has 26 heavy (non-hydrogen) atoms. The number of alkyl carbamates (subject to hydrolysis) is 1. The second-order valence-electron chi connectivity index (χ2n) is 7.01. The first-order chi connectivity index (χ1) is 12.1. The van der Waals surface area contributed by atoms with Crippen LogP contribution < -0.4 is 10.2 Å². The Morgan fingerprint density at radius 3 is 2.58 bits per heavy atom. The molecule has 0 unspecified atom stereocenters. The summed E-state index contributed by atoms with van der Waals surface area (Å²) in [5, 5.41) is 3.56. The van der Waals surface area contributed by atoms with E-state index in [-0.39, 0.29) is 5.28 Å². The summed E-state index contributed by atoms with van der Waals surface area (Å²) >= 11 is 7.58. The first kappa shape index (κ1) is 22.8. The summed E-state index contributed by atoms with van der Waals surface area (Å²) in [5.41, 5.74) is -0.519. The fourth-order valence-electron chi connectivity index (χ4n) is 2.04. The molecule has 1 aromatic rings. The number of hydrogen-bond donors (Lipinski definition) is 1. The van der Waals surface area contributed by atoms with Gasteiger partial charge in [0.2, 0.25) is 11.2 Å². The van der Waals surface area contributed by atoms with E-state index in [0.29, 0.717) is 30.1 Å². The monoisotopic (exact) mass is 403 g/mol. The smallest absolute Gasteiger partial charge is 0.407 e. The van der Waals surface area contributed by atoms with Crippen LogP contribution in [0.1, 0.15) is 48.0 Å². The minimum Gasteiger partial charge on any atom is -0.444 e. The standard InChI is InChI=1S/C17H30ClN5O2S/c1-7-12(3)11-23(10-9-19-16(24)25-17(4,5)6)14-20-13(18)21-15(22-14)26-8-2/h12H,7-11H2,1-6H3,(H,19,24)/t12-/m0/s1. The maximum atomic E-state index is 11.8. The lowest BCUT2D eigenvalue weighted by Crippen LogP contribution is -2.40. The Morgan fingerprint density at radius 2 is 2.00 bits per heavy atom. The number of thioether (sulfide) groups is 1. The van der Waals surface area contributed by atoms with E-state index >= 15 is 0 Å². The first-order valence-electron chi connectivity index (χ1n) is 8.90. The number of aromatic nitrogens is 3. The molecule has 0 aliphatic rings. The van der Waals surface area contributed by atoms with Crippen molar-refractivity contribution < 1.29 is 9.53 Å². The molecule has 1 rings (SSSR count). The predicted octanol–water partition coefficient (Wildman–Crippen LogP) is 4.01. The number of hydrogen-bond acceptors (Lipinski definition) is 7. The van der Waals surface area contributed by atoms with Crippen LogP contribution in [-0.2, 0) is 4.74 Å². The summed E-state index contributed by atoms with van der Waals surface area (Å²) < 4.78 is 5.26. The van der Waals surface area contributed by atoms with E-state index in [2.05, 4.69) is 34.1 Å². The van der Waals surface area contributed by atoms with Crippen molar-refractivity contribution in [2.45, 2.75) is 58.7 Å². The van der Waals surface area contributed by atoms with Crippen molar-refractivity contribution in [2.75, 3.05) is 30.3 Å². The van der Waals surface area contributed by atoms with E-state index in [9.17, 15) is 4.79 Å². The van der Waals surface area contributed by atoms with Gasteiger partial charge in [-0.05, 0) is 44.0 Å². The average Bonchev–Trinajstić information content (AvgIpc) is 2.51. The Bertz CT molecular complexity index is 583. The van der Waals surface area contributed by atoms with Gasteiger partial charge in [0.1, 0.15) is 5.60 Å². The molecule has 148 valence electrons. The molecule has 1 N–H and O–H groups in total. The molecule has 1 aromatic heterocycles. The first-order valence-corrected chi connectivity index (χ1v) is 10.3. The summed E-state index contributed by atoms with van der Waals surface area (Å²) in [5.74, 6) is 1.84. The van der Waals surface area contributed by atoms with Gasteiger partial charge in [-0.15, -0.1) is 0 Å². The fraction of sp³-hybridized carbons (Fsp3) is 0.765. The molecule has 1 amide bonds. The number of nitrogens with one attached hydrogen (secondary N) is 1. The van der Waals surface area contributed by atoms with Crippen LogP contribution in [-0.4, -0.2) is 52.0 Å². The van der Waals surface area contributed by atoms with Crippen molar-refractivity contribution in [2.24, 2.45) is 5.92 Å². The normalized spacial score (nSPS) is 12.6. The molecule has 0 fully saturated rings. The topological polar surface area (TPSA) is 80.2 Å². The Hall–Kier alpha value is -1.28. The number of nitrogens with zero attached hydrogens (tertiary/aromatic N) is 4. The Morgan fingerprint density at radius 1 is 1.31 bits per heavy atom. The molecule has 7 nitrogen and oxygen atoms in total. The van der Waals surface area contributed by atoms with E-state index in [1.807, 2.05) is 32.6 Å². The van der Waals surface area contributed by atoms with Crippen molar-refractivity contribution in [3.05, 3.63) is 5.28 Å². The number of ether oxygens (including phenoxy) is 1. The van der Waals surface area contributed by atoms with Gasteiger partial charge in [-0.1, -0.05) is 39.0 Å². The number of rotatable bonds is 9. The Kier molecular flexibility index (Phi) is 9.43. The summed E-state index contributed by atoms with van der Waals surface area (Å²) in [7, 11) is 0. The third-order valence-electron chi connectivity index (χ3n) is 3.41. The van der Waals surface area contributed by atoms with Gasteiger partial charge in [-0.3, -0.25) is 0 Å². The predicted molar refractivity (Wildman–Crippen MR) is 107 cm³/mol. The number of amides is 1. The van der Waals surface area contributed by atoms with Crippen molar-refractivity contribution in [1.29, 1.82) is 0 Å². The van der Waals surface area contributed by atoms with Crippen molar-refractivity contribution >= 4 is 35.4 Å². The minimum absolute atomic E-state index is 0.181. The molecule has 0 saturated heterocycles. The molecular weight excluding hydrogens is 374 g/mol. The van der Waals surface area contributed by atoms with Crippen molar-refractivity contribution in [3.8, 4) is 0 Å². The van der Waals surface area contributed by atoms with Crippen LogP contribution in [0.3, 0.4) is 0 Å². The summed E-state index contributed by atoms with van der Waals surface area (Å²) in [6, 6.07) is 0. The number of halogens is 1. The van der Waals surface area contributed by atoms with Crippen LogP contribution in [0.25, 0.3) is 0 Å². The van der Waals surface area contributed by atoms with Gasteiger partial charge in [0.25, 0.3) is 0 Å². The summed E-state index contributed by atoms with van der Waals surface area (Å²) in [6.07, 6.45) is 0.600. The average molecular weight is 404 g/mol. The van der Waals surface area contributed by atoms with Gasteiger partial charge in [-0.2, -0.15) is 15.0 Å². The van der Waals surface area contributed by atoms with Crippen LogP contribution in [0.2, 0.25) is 5.28 Å². The second-order valence-corrected chi connectivity index (χ2v) is 8.58. The highest BCUT2D eigenvalue weighted by molar-refractivity contribution is 7.99. The van der Waals surface area contributed by atoms with Gasteiger partial charge in [-0.25, -0.2) is 4.79 Å². The van der Waals surface area contributed by atoms with Crippen LogP contribution in [0.5, 0.6) is 0 Å². The minimum atomic E-state index is -0.519. The highest BCUT2D eigenvalue weighted by Crippen LogP contribution is 2.19. The fourth-order valence-corrected chi connectivity index (χ4v) is 2.80. The number of carbonyl (C=O) groups excluding carboxylic acids is 1. The number of carbonyl (C=O) groups is 1. The molecule has 0 aliphatic heterocycles. The molecule has 0 aliphatic carbocycles. The van der Waals surface area contributed by atoms with E-state index in [1.165, 1.54) is 11.8 Å². The quantitative estimate of drug-likeness (QED) is 0.623. The van der Waals surface area contributed by atoms with Crippen molar-refractivity contribution in [3.63, 3.8) is 0 Å². The van der Waals surface area contributed by atoms with Gasteiger partial charge >= 0.3 is 6.09 Å². The molecule has 0 saturated carbocycles. The van der Waals surface area contributed by atoms with E-state index in [0.717, 1.165) is 18.7 Å². The molecular formula is C17H30ClN5O2S. The summed E-state index contributed by atoms with van der Waals surface area (Å²) in [4.78, 5) is 26.8. The van der Waals surface area contributed by atoms with Gasteiger partial charge in [0, 0.05) is 19.6 Å². The molecule has 0 bridgehead atoms. The lowest BCUT2D eigenvalue weighted by atomic mass is 10.1. The molecule has 9 heteroatoms. The maximum Gasteiger partial charge on any atom is 0.407 e. The zero-order valence-electron chi connectivity index (χ0n) is 16.5. The Labute approximate surface area is 165 Å². The highest BCUT2D eigenvalue weighted by Gasteiger charge is 2.18. The molecule has 0 aromatic carbocycles.